The van der Waals surface area contributed by atoms with Crippen LogP contribution >= 0.6 is 0 Å². The quantitative estimate of drug-likeness (QED) is 0.734. The van der Waals surface area contributed by atoms with Crippen molar-refractivity contribution in [3.8, 4) is 0 Å². The molecule has 0 aromatic heterocycles. The van der Waals surface area contributed by atoms with Gasteiger partial charge in [-0.15, -0.1) is 0 Å². The summed E-state index contributed by atoms with van der Waals surface area (Å²) in [4.78, 5) is 11.0. The first kappa shape index (κ1) is 8.04. The van der Waals surface area contributed by atoms with Crippen LogP contribution in [-0.4, -0.2) is 11.1 Å². The maximum Gasteiger partial charge on any atom is 0.335 e. The fourth-order valence-electron chi connectivity index (χ4n) is 2.71. The molecule has 14 heavy (non-hydrogen) atoms. The number of carbonyl (C=O) groups is 1. The second-order valence-corrected chi connectivity index (χ2v) is 4.32. The van der Waals surface area contributed by atoms with Crippen LogP contribution in [0.3, 0.4) is 0 Å². The van der Waals surface area contributed by atoms with E-state index in [4.69, 9.17) is 5.11 Å². The Bertz CT molecular complexity index is 409. The molecule has 2 heteroatoms. The Balaban J connectivity index is 2.15. The van der Waals surface area contributed by atoms with E-state index in [1.807, 2.05) is 6.07 Å². The monoisotopic (exact) mass is 188 g/mol. The van der Waals surface area contributed by atoms with Crippen molar-refractivity contribution in [2.24, 2.45) is 5.92 Å². The Hall–Kier alpha value is -1.31. The first-order valence-corrected chi connectivity index (χ1v) is 5.12. The van der Waals surface area contributed by atoms with Gasteiger partial charge in [0, 0.05) is 0 Å². The van der Waals surface area contributed by atoms with Gasteiger partial charge >= 0.3 is 5.97 Å². The van der Waals surface area contributed by atoms with E-state index in [0.29, 0.717) is 11.5 Å². The fraction of sp³-hybridized carbons (Fsp3) is 0.417. The molecular formula is C12H12O2. The molecule has 2 aliphatic carbocycles. The standard InChI is InChI=1S/C12H12O2/c13-12(14)10-3-1-2-8-9(10)5-4-7-6-11(7)8/h1-3,7,11H,4-6H2,(H,13,14). The Morgan fingerprint density at radius 1 is 1.43 bits per heavy atom. The summed E-state index contributed by atoms with van der Waals surface area (Å²) in [6, 6.07) is 5.71. The highest BCUT2D eigenvalue weighted by Gasteiger charge is 2.42. The molecule has 2 atom stereocenters. The van der Waals surface area contributed by atoms with Gasteiger partial charge < -0.3 is 5.11 Å². The lowest BCUT2D eigenvalue weighted by molar-refractivity contribution is 0.0695. The van der Waals surface area contributed by atoms with Crippen LogP contribution in [-0.2, 0) is 6.42 Å². The van der Waals surface area contributed by atoms with Crippen LogP contribution < -0.4 is 0 Å². The fourth-order valence-corrected chi connectivity index (χ4v) is 2.71. The highest BCUT2D eigenvalue weighted by atomic mass is 16.4. The van der Waals surface area contributed by atoms with E-state index in [1.165, 1.54) is 18.4 Å². The average molecular weight is 188 g/mol. The zero-order valence-electron chi connectivity index (χ0n) is 7.86. The van der Waals surface area contributed by atoms with Gasteiger partial charge in [0.2, 0.25) is 0 Å². The minimum atomic E-state index is -0.777. The second kappa shape index (κ2) is 2.59. The number of benzene rings is 1. The average Bonchev–Trinajstić information content (AvgIpc) is 2.95. The maximum atomic E-state index is 11.0. The van der Waals surface area contributed by atoms with Gasteiger partial charge in [0.1, 0.15) is 0 Å². The van der Waals surface area contributed by atoms with Gasteiger partial charge in [0.25, 0.3) is 0 Å². The van der Waals surface area contributed by atoms with Crippen LogP contribution in [0.15, 0.2) is 18.2 Å². The van der Waals surface area contributed by atoms with Crippen LogP contribution in [0.4, 0.5) is 0 Å². The molecule has 0 aliphatic heterocycles. The van der Waals surface area contributed by atoms with Crippen molar-refractivity contribution < 1.29 is 9.90 Å². The molecule has 1 aromatic rings. The lowest BCUT2D eigenvalue weighted by Crippen LogP contribution is -2.09. The van der Waals surface area contributed by atoms with Crippen LogP contribution in [0.1, 0.15) is 40.2 Å². The summed E-state index contributed by atoms with van der Waals surface area (Å²) in [5.74, 6) is 0.755. The first-order chi connectivity index (χ1) is 6.77. The molecule has 0 radical (unpaired) electrons. The normalized spacial score (nSPS) is 27.7. The maximum absolute atomic E-state index is 11.0. The number of hydrogen-bond donors (Lipinski definition) is 1. The molecule has 0 amide bonds. The summed E-state index contributed by atoms with van der Waals surface area (Å²) in [5, 5.41) is 9.04. The highest BCUT2D eigenvalue weighted by molar-refractivity contribution is 5.90. The second-order valence-electron chi connectivity index (χ2n) is 4.32. The minimum Gasteiger partial charge on any atom is -0.478 e. The number of aromatic carboxylic acids is 1. The SMILES string of the molecule is O=C(O)c1cccc2c1CCC1CC21. The summed E-state index contributed by atoms with van der Waals surface area (Å²) in [6.07, 6.45) is 3.41. The Morgan fingerprint density at radius 3 is 3.07 bits per heavy atom. The van der Waals surface area contributed by atoms with E-state index >= 15 is 0 Å². The van der Waals surface area contributed by atoms with Crippen LogP contribution in [0.2, 0.25) is 0 Å². The molecule has 2 aliphatic rings. The molecule has 2 nitrogen and oxygen atoms in total. The van der Waals surface area contributed by atoms with Crippen molar-refractivity contribution in [3.63, 3.8) is 0 Å². The molecular weight excluding hydrogens is 176 g/mol. The van der Waals surface area contributed by atoms with Crippen molar-refractivity contribution in [1.82, 2.24) is 0 Å². The van der Waals surface area contributed by atoms with E-state index in [9.17, 15) is 4.79 Å². The lowest BCUT2D eigenvalue weighted by Gasteiger charge is -2.16. The van der Waals surface area contributed by atoms with Gasteiger partial charge in [-0.05, 0) is 48.3 Å². The molecule has 2 unspecified atom stereocenters. The Labute approximate surface area is 82.6 Å². The molecule has 1 N–H and O–H groups in total. The third-order valence-corrected chi connectivity index (χ3v) is 3.53. The van der Waals surface area contributed by atoms with Crippen molar-refractivity contribution in [1.29, 1.82) is 0 Å². The summed E-state index contributed by atoms with van der Waals surface area (Å²) in [6.45, 7) is 0. The van der Waals surface area contributed by atoms with Gasteiger partial charge in [0.15, 0.2) is 0 Å². The van der Waals surface area contributed by atoms with Crippen LogP contribution in [0, 0.1) is 5.92 Å². The zero-order valence-corrected chi connectivity index (χ0v) is 7.86. The van der Waals surface area contributed by atoms with Crippen molar-refractivity contribution in [2.75, 3.05) is 0 Å². The molecule has 0 heterocycles. The number of hydrogen-bond acceptors (Lipinski definition) is 1. The molecule has 0 saturated heterocycles. The molecule has 72 valence electrons. The molecule has 3 rings (SSSR count). The van der Waals surface area contributed by atoms with Gasteiger partial charge in [-0.3, -0.25) is 0 Å². The third kappa shape index (κ3) is 0.999. The van der Waals surface area contributed by atoms with E-state index in [1.54, 1.807) is 6.07 Å². The number of rotatable bonds is 1. The van der Waals surface area contributed by atoms with Crippen LogP contribution in [0.5, 0.6) is 0 Å². The van der Waals surface area contributed by atoms with Gasteiger partial charge in [-0.25, -0.2) is 4.79 Å². The van der Waals surface area contributed by atoms with E-state index in [0.717, 1.165) is 17.9 Å². The van der Waals surface area contributed by atoms with Crippen molar-refractivity contribution in [3.05, 3.63) is 34.9 Å². The summed E-state index contributed by atoms with van der Waals surface area (Å²) in [5.41, 5.74) is 2.92. The van der Waals surface area contributed by atoms with E-state index in [2.05, 4.69) is 6.07 Å². The molecule has 1 aromatic carbocycles. The first-order valence-electron chi connectivity index (χ1n) is 5.12. The minimum absolute atomic E-state index is 0.521. The predicted octanol–water partition coefficient (Wildman–Crippen LogP) is 2.43. The topological polar surface area (TPSA) is 37.3 Å². The van der Waals surface area contributed by atoms with E-state index in [-0.39, 0.29) is 0 Å². The zero-order chi connectivity index (χ0) is 9.71. The van der Waals surface area contributed by atoms with Gasteiger partial charge in [0.05, 0.1) is 5.56 Å². The van der Waals surface area contributed by atoms with Crippen molar-refractivity contribution >= 4 is 5.97 Å². The Kier molecular flexibility index (Phi) is 1.49. The number of fused-ring (bicyclic) bond motifs is 3. The largest absolute Gasteiger partial charge is 0.478 e. The molecule has 1 saturated carbocycles. The summed E-state index contributed by atoms with van der Waals surface area (Å²) in [7, 11) is 0. The number of carboxylic acids is 1. The number of carboxylic acid groups (broad SMARTS) is 1. The predicted molar refractivity (Wildman–Crippen MR) is 52.6 cm³/mol. The lowest BCUT2D eigenvalue weighted by atomic mass is 9.88. The third-order valence-electron chi connectivity index (χ3n) is 3.53. The summed E-state index contributed by atoms with van der Waals surface area (Å²) < 4.78 is 0. The van der Waals surface area contributed by atoms with Crippen molar-refractivity contribution in [2.45, 2.75) is 25.2 Å². The molecule has 1 fully saturated rings. The smallest absolute Gasteiger partial charge is 0.335 e. The molecule has 0 spiro atoms. The molecule has 0 bridgehead atoms. The van der Waals surface area contributed by atoms with E-state index < -0.39 is 5.97 Å². The highest BCUT2D eigenvalue weighted by Crippen LogP contribution is 2.54. The summed E-state index contributed by atoms with van der Waals surface area (Å²) >= 11 is 0. The van der Waals surface area contributed by atoms with Gasteiger partial charge in [-0.2, -0.15) is 0 Å². The van der Waals surface area contributed by atoms with Gasteiger partial charge in [-0.1, -0.05) is 12.1 Å². The Morgan fingerprint density at radius 2 is 2.29 bits per heavy atom. The van der Waals surface area contributed by atoms with Crippen LogP contribution in [0.25, 0.3) is 0 Å².